The molecule has 14 heteroatoms. The van der Waals surface area contributed by atoms with E-state index in [0.717, 1.165) is 6.07 Å². The van der Waals surface area contributed by atoms with Crippen LogP contribution >= 0.6 is 23.2 Å². The lowest BCUT2D eigenvalue weighted by Gasteiger charge is -2.12. The van der Waals surface area contributed by atoms with Crippen LogP contribution in [-0.2, 0) is 0 Å². The number of alkyl halides is 3. The molecule has 4 rings (SSSR count). The van der Waals surface area contributed by atoms with Crippen LogP contribution in [-0.4, -0.2) is 49.6 Å². The van der Waals surface area contributed by atoms with E-state index in [4.69, 9.17) is 28.9 Å². The predicted molar refractivity (Wildman–Crippen MR) is 122 cm³/mol. The molecule has 0 aliphatic rings. The Hall–Kier alpha value is -3.64. The first-order valence-electron chi connectivity index (χ1n) is 9.65. The summed E-state index contributed by atoms with van der Waals surface area (Å²) in [7, 11) is 0. The summed E-state index contributed by atoms with van der Waals surface area (Å²) in [4.78, 5) is 23.9. The maximum atomic E-state index is 12.6. The van der Waals surface area contributed by atoms with Gasteiger partial charge in [-0.3, -0.25) is 4.79 Å². The summed E-state index contributed by atoms with van der Waals surface area (Å²) in [5, 5.41) is 11.1. The lowest BCUT2D eigenvalue weighted by Crippen LogP contribution is -2.24. The van der Waals surface area contributed by atoms with E-state index in [1.807, 2.05) is 0 Å². The summed E-state index contributed by atoms with van der Waals surface area (Å²) in [6.45, 7) is 0.618. The molecule has 3 heterocycles. The van der Waals surface area contributed by atoms with Crippen molar-refractivity contribution in [2.45, 2.75) is 6.18 Å². The van der Waals surface area contributed by atoms with E-state index in [1.54, 1.807) is 24.3 Å². The number of ketones is 1. The van der Waals surface area contributed by atoms with Gasteiger partial charge in [-0.1, -0.05) is 23.2 Å². The van der Waals surface area contributed by atoms with Crippen LogP contribution in [0.5, 0.6) is 0 Å². The standard InChI is InChI=1S/C20H15Cl2F3N8O/c21-10-1-2-11(13(22)7-10)14-8-16-29-9-30-33(16)19(31-14)28-6-5-27-15-4-3-12(18(26)32-15)17(34)20(23,24)25/h1-4,7-9H,5-6H2,(H,28,31)(H3,26,27,32). The molecule has 34 heavy (non-hydrogen) atoms. The number of pyridine rings is 1. The van der Waals surface area contributed by atoms with Crippen LogP contribution in [0.25, 0.3) is 16.9 Å². The average molecular weight is 511 g/mol. The Kier molecular flexibility index (Phi) is 6.44. The second kappa shape index (κ2) is 9.31. The molecule has 4 aromatic rings. The number of carbonyl (C=O) groups excluding carboxylic acids is 1. The number of anilines is 3. The number of nitrogens with one attached hydrogen (secondary N) is 2. The molecular formula is C20H15Cl2F3N8O. The van der Waals surface area contributed by atoms with Gasteiger partial charge >= 0.3 is 6.18 Å². The van der Waals surface area contributed by atoms with Gasteiger partial charge in [-0.15, -0.1) is 0 Å². The Bertz CT molecular complexity index is 1380. The number of nitrogens with zero attached hydrogens (tertiary/aromatic N) is 5. The van der Waals surface area contributed by atoms with Crippen molar-refractivity contribution < 1.29 is 18.0 Å². The highest BCUT2D eigenvalue weighted by atomic mass is 35.5. The third-order valence-corrected chi connectivity index (χ3v) is 5.16. The lowest BCUT2D eigenvalue weighted by molar-refractivity contribution is -0.0884. The van der Waals surface area contributed by atoms with Gasteiger partial charge in [0.05, 0.1) is 16.3 Å². The summed E-state index contributed by atoms with van der Waals surface area (Å²) in [6, 6.07) is 9.00. The van der Waals surface area contributed by atoms with Gasteiger partial charge in [-0.25, -0.2) is 15.0 Å². The lowest BCUT2D eigenvalue weighted by atomic mass is 10.1. The minimum Gasteiger partial charge on any atom is -0.383 e. The topological polar surface area (TPSA) is 123 Å². The molecule has 3 aromatic heterocycles. The summed E-state index contributed by atoms with van der Waals surface area (Å²) in [6.07, 6.45) is -3.65. The minimum absolute atomic E-state index is 0.207. The van der Waals surface area contributed by atoms with Crippen molar-refractivity contribution in [3.8, 4) is 11.3 Å². The second-order valence-electron chi connectivity index (χ2n) is 6.93. The number of carbonyl (C=O) groups is 1. The third-order valence-electron chi connectivity index (χ3n) is 4.62. The number of fused-ring (bicyclic) bond motifs is 1. The van der Waals surface area contributed by atoms with Gasteiger partial charge in [0, 0.05) is 29.7 Å². The quantitative estimate of drug-likeness (QED) is 0.247. The number of benzene rings is 1. The third kappa shape index (κ3) is 4.97. The smallest absolute Gasteiger partial charge is 0.383 e. The van der Waals surface area contributed by atoms with Crippen LogP contribution in [0.3, 0.4) is 0 Å². The number of hydrogen-bond acceptors (Lipinski definition) is 8. The normalized spacial score (nSPS) is 11.6. The van der Waals surface area contributed by atoms with Gasteiger partial charge in [0.15, 0.2) is 5.65 Å². The van der Waals surface area contributed by atoms with Crippen molar-refractivity contribution in [3.05, 3.63) is 58.3 Å². The largest absolute Gasteiger partial charge is 0.455 e. The first-order valence-corrected chi connectivity index (χ1v) is 10.4. The summed E-state index contributed by atoms with van der Waals surface area (Å²) in [5.41, 5.74) is 6.56. The molecule has 9 nitrogen and oxygen atoms in total. The number of nitrogens with two attached hydrogens (primary N) is 1. The molecule has 0 spiro atoms. The van der Waals surface area contributed by atoms with Crippen LogP contribution in [0.15, 0.2) is 42.7 Å². The Labute approximate surface area is 200 Å². The number of rotatable bonds is 7. The molecule has 0 aliphatic carbocycles. The van der Waals surface area contributed by atoms with Crippen molar-refractivity contribution in [2.75, 3.05) is 29.5 Å². The first-order chi connectivity index (χ1) is 16.1. The molecule has 1 aromatic carbocycles. The molecule has 0 radical (unpaired) electrons. The van der Waals surface area contributed by atoms with Gasteiger partial charge in [-0.2, -0.15) is 22.8 Å². The zero-order valence-corrected chi connectivity index (χ0v) is 18.6. The number of nitrogen functional groups attached to an aromatic ring is 1. The van der Waals surface area contributed by atoms with E-state index >= 15 is 0 Å². The maximum absolute atomic E-state index is 12.6. The first kappa shape index (κ1) is 23.5. The highest BCUT2D eigenvalue weighted by Gasteiger charge is 2.40. The SMILES string of the molecule is Nc1nc(NCCNc2nc(-c3ccc(Cl)cc3Cl)cc3ncnn23)ccc1C(=O)C(F)(F)F. The van der Waals surface area contributed by atoms with E-state index < -0.39 is 23.3 Å². The molecule has 0 saturated heterocycles. The molecule has 4 N–H and O–H groups in total. The summed E-state index contributed by atoms with van der Waals surface area (Å²) in [5.74, 6) is -1.97. The highest BCUT2D eigenvalue weighted by Crippen LogP contribution is 2.30. The van der Waals surface area contributed by atoms with Crippen LogP contribution in [0.4, 0.5) is 30.8 Å². The van der Waals surface area contributed by atoms with Crippen LogP contribution < -0.4 is 16.4 Å². The van der Waals surface area contributed by atoms with Gasteiger partial charge < -0.3 is 16.4 Å². The second-order valence-corrected chi connectivity index (χ2v) is 7.77. The molecule has 0 atom stereocenters. The zero-order chi connectivity index (χ0) is 24.5. The number of aromatic nitrogens is 5. The number of halogens is 5. The number of Topliss-reactive ketones (excluding diaryl/α,β-unsaturated/α-hetero) is 1. The molecule has 0 unspecified atom stereocenters. The summed E-state index contributed by atoms with van der Waals surface area (Å²) < 4.78 is 39.3. The minimum atomic E-state index is -5.03. The highest BCUT2D eigenvalue weighted by molar-refractivity contribution is 6.36. The van der Waals surface area contributed by atoms with Crippen LogP contribution in [0.2, 0.25) is 10.0 Å². The van der Waals surface area contributed by atoms with Crippen LogP contribution in [0.1, 0.15) is 10.4 Å². The van der Waals surface area contributed by atoms with E-state index in [-0.39, 0.29) is 5.82 Å². The van der Waals surface area contributed by atoms with Crippen molar-refractivity contribution in [2.24, 2.45) is 0 Å². The Balaban J connectivity index is 1.46. The van der Waals surface area contributed by atoms with Gasteiger partial charge in [0.2, 0.25) is 5.95 Å². The number of hydrogen-bond donors (Lipinski definition) is 3. The molecule has 0 saturated carbocycles. The van der Waals surface area contributed by atoms with Crippen molar-refractivity contribution >= 4 is 52.2 Å². The monoisotopic (exact) mass is 510 g/mol. The van der Waals surface area contributed by atoms with Crippen molar-refractivity contribution in [3.63, 3.8) is 0 Å². The predicted octanol–water partition coefficient (Wildman–Crippen LogP) is 4.34. The Morgan fingerprint density at radius 3 is 2.53 bits per heavy atom. The Morgan fingerprint density at radius 2 is 1.82 bits per heavy atom. The molecule has 0 fully saturated rings. The fraction of sp³-hybridized carbons (Fsp3) is 0.150. The van der Waals surface area contributed by atoms with Gasteiger partial charge in [-0.05, 0) is 30.3 Å². The van der Waals surface area contributed by atoms with E-state index in [1.165, 1.54) is 16.9 Å². The molecule has 0 amide bonds. The molecule has 0 bridgehead atoms. The fourth-order valence-corrected chi connectivity index (χ4v) is 3.57. The van der Waals surface area contributed by atoms with E-state index in [0.29, 0.717) is 46.0 Å². The maximum Gasteiger partial charge on any atom is 0.455 e. The molecular weight excluding hydrogens is 496 g/mol. The molecule has 176 valence electrons. The molecule has 0 aliphatic heterocycles. The van der Waals surface area contributed by atoms with E-state index in [9.17, 15) is 18.0 Å². The Morgan fingerprint density at radius 1 is 1.06 bits per heavy atom. The fourth-order valence-electron chi connectivity index (χ4n) is 3.06. The van der Waals surface area contributed by atoms with Crippen molar-refractivity contribution in [1.82, 2.24) is 24.6 Å². The average Bonchev–Trinajstić information content (AvgIpc) is 3.24. The summed E-state index contributed by atoms with van der Waals surface area (Å²) >= 11 is 12.3. The van der Waals surface area contributed by atoms with Gasteiger partial charge in [0.25, 0.3) is 5.78 Å². The van der Waals surface area contributed by atoms with Gasteiger partial charge in [0.1, 0.15) is 18.0 Å². The van der Waals surface area contributed by atoms with Crippen molar-refractivity contribution in [1.29, 1.82) is 0 Å². The van der Waals surface area contributed by atoms with E-state index in [2.05, 4.69) is 30.7 Å². The van der Waals surface area contributed by atoms with Crippen LogP contribution in [0, 0.1) is 0 Å². The zero-order valence-electron chi connectivity index (χ0n) is 17.1.